The van der Waals surface area contributed by atoms with E-state index in [0.717, 1.165) is 5.56 Å². The van der Waals surface area contributed by atoms with Crippen molar-refractivity contribution in [2.45, 2.75) is 0 Å². The average Bonchev–Trinajstić information content (AvgIpc) is 2.17. The minimum Gasteiger partial charge on any atom is -0.193 e. The van der Waals surface area contributed by atoms with Gasteiger partial charge in [0.05, 0.1) is 6.07 Å². The molecule has 4 nitrogen and oxygen atoms in total. The lowest BCUT2D eigenvalue weighted by molar-refractivity contribution is 1.46. The first-order valence-electron chi connectivity index (χ1n) is 3.59. The molecule has 0 aromatic heterocycles. The summed E-state index contributed by atoms with van der Waals surface area (Å²) < 4.78 is 0. The van der Waals surface area contributed by atoms with Crippen LogP contribution in [0.15, 0.2) is 35.5 Å². The molecule has 0 amide bonds. The highest BCUT2D eigenvalue weighted by molar-refractivity contribution is 5.64. The highest BCUT2D eigenvalue weighted by Gasteiger charge is 1.93. The van der Waals surface area contributed by atoms with E-state index in [1.807, 2.05) is 12.1 Å². The van der Waals surface area contributed by atoms with E-state index in [2.05, 4.69) is 10.0 Å². The highest BCUT2D eigenvalue weighted by Crippen LogP contribution is 2.19. The molecule has 0 aliphatic carbocycles. The van der Waals surface area contributed by atoms with Crippen LogP contribution in [-0.4, -0.2) is 0 Å². The van der Waals surface area contributed by atoms with Crippen LogP contribution in [0.1, 0.15) is 5.56 Å². The predicted molar refractivity (Wildman–Crippen MR) is 49.9 cm³/mol. The second kappa shape index (κ2) is 4.60. The van der Waals surface area contributed by atoms with Gasteiger partial charge in [-0.15, -0.1) is 0 Å². The minimum atomic E-state index is 0.525. The fourth-order valence-electron chi connectivity index (χ4n) is 0.895. The molecule has 0 bridgehead atoms. The molecule has 0 saturated carbocycles. The van der Waals surface area contributed by atoms with Gasteiger partial charge in [0, 0.05) is 16.7 Å². The van der Waals surface area contributed by atoms with Crippen LogP contribution in [0.3, 0.4) is 0 Å². The SMILES string of the molecule is N#C/C=C\c1ccccc1N=[N+]=[N-]. The lowest BCUT2D eigenvalue weighted by Crippen LogP contribution is -1.71. The van der Waals surface area contributed by atoms with Crippen LogP contribution in [0.25, 0.3) is 16.5 Å². The van der Waals surface area contributed by atoms with Crippen molar-refractivity contribution >= 4 is 11.8 Å². The van der Waals surface area contributed by atoms with Gasteiger partial charge in [0.15, 0.2) is 0 Å². The van der Waals surface area contributed by atoms with Crippen LogP contribution in [0, 0.1) is 11.3 Å². The van der Waals surface area contributed by atoms with Crippen molar-refractivity contribution < 1.29 is 0 Å². The molecular formula is C9H6N4. The van der Waals surface area contributed by atoms with Gasteiger partial charge in [-0.3, -0.25) is 0 Å². The monoisotopic (exact) mass is 170 g/mol. The zero-order valence-electron chi connectivity index (χ0n) is 6.75. The second-order valence-corrected chi connectivity index (χ2v) is 2.21. The zero-order chi connectivity index (χ0) is 9.52. The van der Waals surface area contributed by atoms with Gasteiger partial charge in [-0.2, -0.15) is 5.26 Å². The van der Waals surface area contributed by atoms with Gasteiger partial charge in [0.2, 0.25) is 0 Å². The summed E-state index contributed by atoms with van der Waals surface area (Å²) in [5.41, 5.74) is 9.50. The molecule has 0 aliphatic heterocycles. The van der Waals surface area contributed by atoms with Crippen molar-refractivity contribution in [3.63, 3.8) is 0 Å². The number of rotatable bonds is 2. The zero-order valence-corrected chi connectivity index (χ0v) is 6.75. The Kier molecular flexibility index (Phi) is 3.13. The second-order valence-electron chi connectivity index (χ2n) is 2.21. The molecule has 0 saturated heterocycles. The molecule has 0 heterocycles. The van der Waals surface area contributed by atoms with Crippen LogP contribution in [-0.2, 0) is 0 Å². The van der Waals surface area contributed by atoms with E-state index >= 15 is 0 Å². The topological polar surface area (TPSA) is 72.5 Å². The summed E-state index contributed by atoms with van der Waals surface area (Å²) in [6.07, 6.45) is 2.94. The molecule has 1 aromatic carbocycles. The number of nitrogens with zero attached hydrogens (tertiary/aromatic N) is 4. The molecule has 0 N–H and O–H groups in total. The van der Waals surface area contributed by atoms with Crippen molar-refractivity contribution in [3.05, 3.63) is 46.3 Å². The van der Waals surface area contributed by atoms with E-state index in [1.165, 1.54) is 6.08 Å². The molecule has 13 heavy (non-hydrogen) atoms. The quantitative estimate of drug-likeness (QED) is 0.290. The van der Waals surface area contributed by atoms with Crippen molar-refractivity contribution in [1.29, 1.82) is 5.26 Å². The standard InChI is InChI=1S/C9H6N4/c10-7-3-5-8-4-1-2-6-9(8)12-13-11/h1-6H/b5-3-. The number of hydrogen-bond acceptors (Lipinski definition) is 2. The number of hydrogen-bond donors (Lipinski definition) is 0. The van der Waals surface area contributed by atoms with Gasteiger partial charge in [0.25, 0.3) is 0 Å². The highest BCUT2D eigenvalue weighted by atomic mass is 15.1. The van der Waals surface area contributed by atoms with Crippen molar-refractivity contribution in [1.82, 2.24) is 0 Å². The number of nitriles is 1. The van der Waals surface area contributed by atoms with E-state index in [1.54, 1.807) is 24.3 Å². The van der Waals surface area contributed by atoms with Crippen LogP contribution in [0.4, 0.5) is 5.69 Å². The maximum atomic E-state index is 8.31. The van der Waals surface area contributed by atoms with Gasteiger partial charge in [0.1, 0.15) is 0 Å². The Balaban J connectivity index is 3.13. The summed E-state index contributed by atoms with van der Waals surface area (Å²) in [6.45, 7) is 0. The predicted octanol–water partition coefficient (Wildman–Crippen LogP) is 3.17. The smallest absolute Gasteiger partial charge is 0.0912 e. The van der Waals surface area contributed by atoms with E-state index in [-0.39, 0.29) is 0 Å². The summed E-state index contributed by atoms with van der Waals surface area (Å²) in [4.78, 5) is 2.68. The molecule has 0 radical (unpaired) electrons. The largest absolute Gasteiger partial charge is 0.193 e. The Morgan fingerprint density at radius 2 is 2.23 bits per heavy atom. The van der Waals surface area contributed by atoms with Crippen LogP contribution in [0.5, 0.6) is 0 Å². The Morgan fingerprint density at radius 1 is 1.46 bits per heavy atom. The molecule has 1 aromatic rings. The van der Waals surface area contributed by atoms with E-state index in [9.17, 15) is 0 Å². The lowest BCUT2D eigenvalue weighted by Gasteiger charge is -1.95. The summed E-state index contributed by atoms with van der Waals surface area (Å²) in [5.74, 6) is 0. The van der Waals surface area contributed by atoms with Gasteiger partial charge < -0.3 is 0 Å². The minimum absolute atomic E-state index is 0.525. The lowest BCUT2D eigenvalue weighted by atomic mass is 10.2. The third-order valence-electron chi connectivity index (χ3n) is 1.43. The first kappa shape index (κ1) is 8.85. The molecular weight excluding hydrogens is 164 g/mol. The number of benzene rings is 1. The summed E-state index contributed by atoms with van der Waals surface area (Å²) in [7, 11) is 0. The van der Waals surface area contributed by atoms with Gasteiger partial charge in [-0.25, -0.2) is 0 Å². The van der Waals surface area contributed by atoms with E-state index in [0.29, 0.717) is 5.69 Å². The first-order valence-corrected chi connectivity index (χ1v) is 3.59. The van der Waals surface area contributed by atoms with Gasteiger partial charge in [-0.1, -0.05) is 29.4 Å². The van der Waals surface area contributed by atoms with Crippen molar-refractivity contribution in [3.8, 4) is 6.07 Å². The van der Waals surface area contributed by atoms with Crippen LogP contribution in [0.2, 0.25) is 0 Å². The summed E-state index contributed by atoms with van der Waals surface area (Å²) in [5, 5.41) is 11.8. The molecule has 0 aliphatic rings. The fraction of sp³-hybridized carbons (Fsp3) is 0. The van der Waals surface area contributed by atoms with Crippen LogP contribution >= 0.6 is 0 Å². The Labute approximate surface area is 75.4 Å². The maximum Gasteiger partial charge on any atom is 0.0912 e. The van der Waals surface area contributed by atoms with E-state index < -0.39 is 0 Å². The Hall–Kier alpha value is -2.24. The molecule has 0 atom stereocenters. The van der Waals surface area contributed by atoms with Crippen molar-refractivity contribution in [2.75, 3.05) is 0 Å². The maximum absolute atomic E-state index is 8.31. The fourth-order valence-corrected chi connectivity index (χ4v) is 0.895. The van der Waals surface area contributed by atoms with Crippen molar-refractivity contribution in [2.24, 2.45) is 5.11 Å². The molecule has 4 heteroatoms. The Bertz CT molecular complexity index is 408. The molecule has 0 fully saturated rings. The molecule has 1 rings (SSSR count). The summed E-state index contributed by atoms with van der Waals surface area (Å²) >= 11 is 0. The number of allylic oxidation sites excluding steroid dienone is 1. The third kappa shape index (κ3) is 2.37. The third-order valence-corrected chi connectivity index (χ3v) is 1.43. The average molecular weight is 170 g/mol. The normalized spacial score (nSPS) is 9.15. The molecule has 0 spiro atoms. The van der Waals surface area contributed by atoms with Crippen LogP contribution < -0.4 is 0 Å². The Morgan fingerprint density at radius 3 is 2.92 bits per heavy atom. The summed E-state index contributed by atoms with van der Waals surface area (Å²) in [6, 6.07) is 8.92. The van der Waals surface area contributed by atoms with Gasteiger partial charge in [-0.05, 0) is 17.2 Å². The molecule has 0 unspecified atom stereocenters. The molecule has 62 valence electrons. The van der Waals surface area contributed by atoms with Gasteiger partial charge >= 0.3 is 0 Å². The van der Waals surface area contributed by atoms with E-state index in [4.69, 9.17) is 10.8 Å². The number of azide groups is 1. The first-order chi connectivity index (χ1) is 6.38.